The van der Waals surface area contributed by atoms with Crippen LogP contribution in [-0.2, 0) is 9.47 Å². The molecule has 1 aliphatic rings. The van der Waals surface area contributed by atoms with Gasteiger partial charge in [0.2, 0.25) is 0 Å². The normalized spacial score (nSPS) is 19.7. The third kappa shape index (κ3) is 5.83. The van der Waals surface area contributed by atoms with E-state index in [1.807, 2.05) is 0 Å². The Morgan fingerprint density at radius 1 is 1.33 bits per heavy atom. The summed E-state index contributed by atoms with van der Waals surface area (Å²) in [5.74, 6) is 0.592. The van der Waals surface area contributed by atoms with Gasteiger partial charge in [-0.15, -0.1) is 0 Å². The van der Waals surface area contributed by atoms with Crippen molar-refractivity contribution in [3.8, 4) is 0 Å². The third-order valence-corrected chi connectivity index (χ3v) is 4.47. The first kappa shape index (κ1) is 18.8. The summed E-state index contributed by atoms with van der Waals surface area (Å²) < 4.78 is 10.5. The molecule has 0 spiro atoms. The van der Waals surface area contributed by atoms with Crippen molar-refractivity contribution in [1.82, 2.24) is 10.2 Å². The highest BCUT2D eigenvalue weighted by molar-refractivity contribution is 5.03. The average Bonchev–Trinajstić information content (AvgIpc) is 3.32. The summed E-state index contributed by atoms with van der Waals surface area (Å²) in [4.78, 5) is 2.38. The smallest absolute Gasteiger partial charge is 0.0628 e. The Morgan fingerprint density at radius 2 is 2.05 bits per heavy atom. The summed E-state index contributed by atoms with van der Waals surface area (Å²) in [5, 5.41) is 13.7. The van der Waals surface area contributed by atoms with Crippen LogP contribution in [0.25, 0.3) is 0 Å². The number of methoxy groups -OCH3 is 2. The SMILES string of the molecule is CCCNC(CO)(CN(CCOC)C(C)COC)C1CC1. The first-order valence-corrected chi connectivity index (χ1v) is 8.21. The van der Waals surface area contributed by atoms with Gasteiger partial charge in [0, 0.05) is 33.4 Å². The van der Waals surface area contributed by atoms with Crippen molar-refractivity contribution in [3.05, 3.63) is 0 Å². The molecule has 0 amide bonds. The molecule has 2 atom stereocenters. The van der Waals surface area contributed by atoms with Crippen molar-refractivity contribution < 1.29 is 14.6 Å². The molecule has 0 aromatic heterocycles. The highest BCUT2D eigenvalue weighted by Crippen LogP contribution is 2.40. The Kier molecular flexibility index (Phi) is 8.74. The number of aliphatic hydroxyl groups is 1. The lowest BCUT2D eigenvalue weighted by molar-refractivity contribution is 0.0310. The second-order valence-electron chi connectivity index (χ2n) is 6.28. The molecule has 0 aromatic carbocycles. The van der Waals surface area contributed by atoms with Crippen LogP contribution in [0.15, 0.2) is 0 Å². The average molecular weight is 302 g/mol. The lowest BCUT2D eigenvalue weighted by Gasteiger charge is -2.40. The Labute approximate surface area is 130 Å². The highest BCUT2D eigenvalue weighted by Gasteiger charge is 2.45. The molecule has 1 fully saturated rings. The van der Waals surface area contributed by atoms with Crippen LogP contribution in [-0.4, -0.2) is 75.3 Å². The van der Waals surface area contributed by atoms with E-state index in [0.717, 1.165) is 26.1 Å². The van der Waals surface area contributed by atoms with E-state index in [0.29, 0.717) is 25.2 Å². The molecule has 1 aliphatic carbocycles. The third-order valence-electron chi connectivity index (χ3n) is 4.47. The van der Waals surface area contributed by atoms with Gasteiger partial charge in [0.1, 0.15) is 0 Å². The molecule has 5 heteroatoms. The first-order chi connectivity index (χ1) is 10.1. The predicted molar refractivity (Wildman–Crippen MR) is 85.6 cm³/mol. The number of hydrogen-bond acceptors (Lipinski definition) is 5. The van der Waals surface area contributed by atoms with Gasteiger partial charge in [-0.2, -0.15) is 0 Å². The largest absolute Gasteiger partial charge is 0.394 e. The van der Waals surface area contributed by atoms with Crippen molar-refractivity contribution in [1.29, 1.82) is 0 Å². The molecule has 2 N–H and O–H groups in total. The molecule has 21 heavy (non-hydrogen) atoms. The van der Waals surface area contributed by atoms with Gasteiger partial charge in [-0.25, -0.2) is 0 Å². The minimum Gasteiger partial charge on any atom is -0.394 e. The standard InChI is InChI=1S/C16H34N2O3/c1-5-8-17-16(13-19,15-6-7-15)12-18(9-10-20-3)14(2)11-21-4/h14-15,17,19H,5-13H2,1-4H3. The van der Waals surface area contributed by atoms with Crippen LogP contribution in [0, 0.1) is 5.92 Å². The van der Waals surface area contributed by atoms with E-state index >= 15 is 0 Å². The molecule has 0 heterocycles. The molecule has 2 unspecified atom stereocenters. The fourth-order valence-corrected chi connectivity index (χ4v) is 2.95. The summed E-state index contributed by atoms with van der Waals surface area (Å²) in [6.07, 6.45) is 3.52. The van der Waals surface area contributed by atoms with Gasteiger partial charge in [0.25, 0.3) is 0 Å². The Bertz CT molecular complexity index is 274. The number of hydrogen-bond donors (Lipinski definition) is 2. The van der Waals surface area contributed by atoms with E-state index in [1.54, 1.807) is 14.2 Å². The zero-order valence-electron chi connectivity index (χ0n) is 14.2. The van der Waals surface area contributed by atoms with E-state index in [9.17, 15) is 5.11 Å². The monoisotopic (exact) mass is 302 g/mol. The van der Waals surface area contributed by atoms with Crippen LogP contribution in [0.5, 0.6) is 0 Å². The molecule has 0 bridgehead atoms. The summed E-state index contributed by atoms with van der Waals surface area (Å²) in [5.41, 5.74) is -0.175. The van der Waals surface area contributed by atoms with E-state index in [2.05, 4.69) is 24.1 Å². The Morgan fingerprint density at radius 3 is 2.52 bits per heavy atom. The maximum atomic E-state index is 10.0. The number of rotatable bonds is 13. The van der Waals surface area contributed by atoms with E-state index in [-0.39, 0.29) is 12.1 Å². The van der Waals surface area contributed by atoms with Crippen LogP contribution >= 0.6 is 0 Å². The van der Waals surface area contributed by atoms with Gasteiger partial charge >= 0.3 is 0 Å². The van der Waals surface area contributed by atoms with Crippen molar-refractivity contribution >= 4 is 0 Å². The van der Waals surface area contributed by atoms with E-state index in [4.69, 9.17) is 9.47 Å². The fourth-order valence-electron chi connectivity index (χ4n) is 2.95. The number of ether oxygens (including phenoxy) is 2. The van der Waals surface area contributed by atoms with Gasteiger partial charge in [-0.05, 0) is 38.6 Å². The van der Waals surface area contributed by atoms with Crippen molar-refractivity contribution in [2.24, 2.45) is 5.92 Å². The molecule has 0 aromatic rings. The minimum absolute atomic E-state index is 0.175. The molecule has 5 nitrogen and oxygen atoms in total. The van der Waals surface area contributed by atoms with Crippen LogP contribution in [0.2, 0.25) is 0 Å². The zero-order chi connectivity index (χ0) is 15.7. The van der Waals surface area contributed by atoms with Crippen LogP contribution < -0.4 is 5.32 Å². The second-order valence-corrected chi connectivity index (χ2v) is 6.28. The highest BCUT2D eigenvalue weighted by atomic mass is 16.5. The molecule has 0 radical (unpaired) electrons. The Balaban J connectivity index is 2.73. The molecule has 0 aliphatic heterocycles. The first-order valence-electron chi connectivity index (χ1n) is 8.21. The lowest BCUT2D eigenvalue weighted by Crippen LogP contribution is -2.60. The molecule has 126 valence electrons. The number of nitrogens with zero attached hydrogens (tertiary/aromatic N) is 1. The Hall–Kier alpha value is -0.200. The summed E-state index contributed by atoms with van der Waals surface area (Å²) in [7, 11) is 3.47. The zero-order valence-corrected chi connectivity index (χ0v) is 14.2. The van der Waals surface area contributed by atoms with Crippen molar-refractivity contribution in [2.75, 3.05) is 53.7 Å². The van der Waals surface area contributed by atoms with Crippen LogP contribution in [0.1, 0.15) is 33.1 Å². The van der Waals surface area contributed by atoms with Crippen molar-refractivity contribution in [2.45, 2.75) is 44.7 Å². The van der Waals surface area contributed by atoms with Gasteiger partial charge in [-0.1, -0.05) is 6.92 Å². The predicted octanol–water partition coefficient (Wildman–Crippen LogP) is 1.11. The second kappa shape index (κ2) is 9.74. The van der Waals surface area contributed by atoms with Crippen LogP contribution in [0.3, 0.4) is 0 Å². The van der Waals surface area contributed by atoms with Crippen LogP contribution in [0.4, 0.5) is 0 Å². The summed E-state index contributed by atoms with van der Waals surface area (Å²) in [6.45, 7) is 8.60. The number of nitrogens with one attached hydrogen (secondary N) is 1. The number of aliphatic hydroxyl groups excluding tert-OH is 1. The fraction of sp³-hybridized carbons (Fsp3) is 1.00. The van der Waals surface area contributed by atoms with Gasteiger partial charge in [0.15, 0.2) is 0 Å². The summed E-state index contributed by atoms with van der Waals surface area (Å²) in [6, 6.07) is 0.318. The van der Waals surface area contributed by atoms with Gasteiger partial charge < -0.3 is 19.9 Å². The molecular weight excluding hydrogens is 268 g/mol. The van der Waals surface area contributed by atoms with Crippen molar-refractivity contribution in [3.63, 3.8) is 0 Å². The van der Waals surface area contributed by atoms with E-state index < -0.39 is 0 Å². The molecule has 1 rings (SSSR count). The molecule has 0 saturated heterocycles. The minimum atomic E-state index is -0.175. The maximum absolute atomic E-state index is 10.0. The maximum Gasteiger partial charge on any atom is 0.0628 e. The van der Waals surface area contributed by atoms with Gasteiger partial charge in [-0.3, -0.25) is 4.90 Å². The lowest BCUT2D eigenvalue weighted by atomic mass is 9.92. The quantitative estimate of drug-likeness (QED) is 0.534. The molecular formula is C16H34N2O3. The van der Waals surface area contributed by atoms with E-state index in [1.165, 1.54) is 12.8 Å². The molecule has 1 saturated carbocycles. The topological polar surface area (TPSA) is 54.0 Å². The summed E-state index contributed by atoms with van der Waals surface area (Å²) >= 11 is 0. The van der Waals surface area contributed by atoms with Gasteiger partial charge in [0.05, 0.1) is 25.4 Å².